The van der Waals surface area contributed by atoms with Crippen molar-refractivity contribution in [1.82, 2.24) is 4.98 Å². The molecular weight excluding hydrogens is 268 g/mol. The fourth-order valence-corrected chi connectivity index (χ4v) is 2.78. The van der Waals surface area contributed by atoms with Crippen LogP contribution in [0.15, 0.2) is 30.5 Å². The van der Waals surface area contributed by atoms with E-state index in [0.717, 1.165) is 10.9 Å². The Bertz CT molecular complexity index is 712. The van der Waals surface area contributed by atoms with E-state index in [4.69, 9.17) is 0 Å². The number of benzene rings is 1. The van der Waals surface area contributed by atoms with E-state index >= 15 is 0 Å². The summed E-state index contributed by atoms with van der Waals surface area (Å²) in [6, 6.07) is 7.49. The number of nitrogens with one attached hydrogen (secondary N) is 1. The molecule has 110 valence electrons. The van der Waals surface area contributed by atoms with Gasteiger partial charge >= 0.3 is 5.97 Å². The molecule has 0 bridgehead atoms. The topological polar surface area (TPSA) is 82.5 Å². The fraction of sp³-hybridized carbons (Fsp3) is 0.375. The van der Waals surface area contributed by atoms with Gasteiger partial charge in [0, 0.05) is 23.0 Å². The van der Waals surface area contributed by atoms with Crippen LogP contribution in [0.5, 0.6) is 0 Å². The van der Waals surface area contributed by atoms with Crippen LogP contribution in [0.2, 0.25) is 0 Å². The third-order valence-electron chi connectivity index (χ3n) is 4.54. The molecule has 0 amide bonds. The number of carboxylic acids is 1. The van der Waals surface area contributed by atoms with Gasteiger partial charge in [0.2, 0.25) is 0 Å². The van der Waals surface area contributed by atoms with Crippen LogP contribution in [0.25, 0.3) is 10.9 Å². The van der Waals surface area contributed by atoms with Gasteiger partial charge in [-0.15, -0.1) is 0 Å². The highest BCUT2D eigenvalue weighted by Gasteiger charge is 2.47. The van der Waals surface area contributed by atoms with Gasteiger partial charge in [0.25, 0.3) is 0 Å². The summed E-state index contributed by atoms with van der Waals surface area (Å²) in [5.41, 5.74) is 1.21. The highest BCUT2D eigenvalue weighted by molar-refractivity contribution is 6.04. The SMILES string of the molecule is CC1(C)C(O)CC1Nc1c(C(=O)O)cnc2ccccc12. The lowest BCUT2D eigenvalue weighted by Crippen LogP contribution is -2.57. The molecule has 2 aromatic rings. The smallest absolute Gasteiger partial charge is 0.339 e. The Morgan fingerprint density at radius 2 is 2.10 bits per heavy atom. The zero-order valence-electron chi connectivity index (χ0n) is 12.0. The minimum Gasteiger partial charge on any atom is -0.478 e. The summed E-state index contributed by atoms with van der Waals surface area (Å²) in [4.78, 5) is 15.6. The Morgan fingerprint density at radius 3 is 2.71 bits per heavy atom. The number of para-hydroxylation sites is 1. The van der Waals surface area contributed by atoms with E-state index in [1.165, 1.54) is 6.20 Å². The van der Waals surface area contributed by atoms with Gasteiger partial charge in [0.15, 0.2) is 0 Å². The molecular formula is C16H18N2O3. The first-order valence-corrected chi connectivity index (χ1v) is 6.97. The fourth-order valence-electron chi connectivity index (χ4n) is 2.78. The molecule has 0 spiro atoms. The molecule has 3 rings (SSSR count). The number of hydrogen-bond acceptors (Lipinski definition) is 4. The highest BCUT2D eigenvalue weighted by Crippen LogP contribution is 2.43. The average Bonchev–Trinajstić information content (AvgIpc) is 2.46. The van der Waals surface area contributed by atoms with Crippen molar-refractivity contribution in [3.63, 3.8) is 0 Å². The van der Waals surface area contributed by atoms with Crippen molar-refractivity contribution in [3.05, 3.63) is 36.0 Å². The van der Waals surface area contributed by atoms with Gasteiger partial charge in [-0.2, -0.15) is 0 Å². The quantitative estimate of drug-likeness (QED) is 0.807. The van der Waals surface area contributed by atoms with Crippen molar-refractivity contribution in [2.45, 2.75) is 32.4 Å². The van der Waals surface area contributed by atoms with E-state index in [1.54, 1.807) is 0 Å². The zero-order chi connectivity index (χ0) is 15.2. The maximum absolute atomic E-state index is 11.4. The second-order valence-corrected chi connectivity index (χ2v) is 6.14. The molecule has 3 N–H and O–H groups in total. The second-order valence-electron chi connectivity index (χ2n) is 6.14. The number of fused-ring (bicyclic) bond motifs is 1. The van der Waals surface area contributed by atoms with Crippen molar-refractivity contribution in [2.24, 2.45) is 5.41 Å². The summed E-state index contributed by atoms with van der Waals surface area (Å²) in [5.74, 6) is -1.01. The summed E-state index contributed by atoms with van der Waals surface area (Å²) in [5, 5.41) is 23.3. The van der Waals surface area contributed by atoms with E-state index < -0.39 is 5.97 Å². The maximum Gasteiger partial charge on any atom is 0.339 e. The Kier molecular flexibility index (Phi) is 3.10. The van der Waals surface area contributed by atoms with E-state index in [1.807, 2.05) is 38.1 Å². The van der Waals surface area contributed by atoms with Crippen molar-refractivity contribution in [2.75, 3.05) is 5.32 Å². The maximum atomic E-state index is 11.4. The number of pyridine rings is 1. The Hall–Kier alpha value is -2.14. The first-order valence-electron chi connectivity index (χ1n) is 6.97. The van der Waals surface area contributed by atoms with Crippen LogP contribution < -0.4 is 5.32 Å². The van der Waals surface area contributed by atoms with E-state index in [-0.39, 0.29) is 23.1 Å². The minimum absolute atomic E-state index is 0.0383. The number of carbonyl (C=O) groups is 1. The third-order valence-corrected chi connectivity index (χ3v) is 4.54. The van der Waals surface area contributed by atoms with Gasteiger partial charge in [-0.3, -0.25) is 4.98 Å². The number of aromatic nitrogens is 1. The molecule has 2 atom stereocenters. The highest BCUT2D eigenvalue weighted by atomic mass is 16.4. The first kappa shape index (κ1) is 13.8. The van der Waals surface area contributed by atoms with Crippen molar-refractivity contribution >= 4 is 22.6 Å². The Balaban J connectivity index is 2.07. The van der Waals surface area contributed by atoms with Crippen molar-refractivity contribution in [3.8, 4) is 0 Å². The summed E-state index contributed by atoms with van der Waals surface area (Å²) in [6.07, 6.45) is 1.63. The van der Waals surface area contributed by atoms with Crippen LogP contribution in [0.3, 0.4) is 0 Å². The lowest BCUT2D eigenvalue weighted by atomic mass is 9.64. The Labute approximate surface area is 122 Å². The number of carboxylic acid groups (broad SMARTS) is 1. The molecule has 1 saturated carbocycles. The number of nitrogens with zero attached hydrogens (tertiary/aromatic N) is 1. The van der Waals surface area contributed by atoms with Gasteiger partial charge < -0.3 is 15.5 Å². The van der Waals surface area contributed by atoms with Crippen LogP contribution in [0.1, 0.15) is 30.6 Å². The van der Waals surface area contributed by atoms with Gasteiger partial charge in [0.05, 0.1) is 17.3 Å². The normalized spacial score (nSPS) is 23.6. The number of aliphatic hydroxyl groups is 1. The lowest BCUT2D eigenvalue weighted by Gasteiger charge is -2.50. The van der Waals surface area contributed by atoms with Crippen molar-refractivity contribution < 1.29 is 15.0 Å². The summed E-state index contributed by atoms with van der Waals surface area (Å²) >= 11 is 0. The lowest BCUT2D eigenvalue weighted by molar-refractivity contribution is -0.0510. The molecule has 0 aliphatic heterocycles. The number of anilines is 1. The molecule has 21 heavy (non-hydrogen) atoms. The molecule has 1 aromatic heterocycles. The predicted molar refractivity (Wildman–Crippen MR) is 80.5 cm³/mol. The number of aliphatic hydroxyl groups excluding tert-OH is 1. The Morgan fingerprint density at radius 1 is 1.38 bits per heavy atom. The van der Waals surface area contributed by atoms with Crippen molar-refractivity contribution in [1.29, 1.82) is 0 Å². The number of rotatable bonds is 3. The summed E-state index contributed by atoms with van der Waals surface area (Å²) in [6.45, 7) is 3.95. The average molecular weight is 286 g/mol. The zero-order valence-corrected chi connectivity index (χ0v) is 12.0. The standard InChI is InChI=1S/C16H18N2O3/c1-16(2)12(7-13(16)19)18-14-9-5-3-4-6-11(9)17-8-10(14)15(20)21/h3-6,8,12-13,19H,7H2,1-2H3,(H,17,18)(H,20,21). The van der Waals surface area contributed by atoms with Crippen LogP contribution in [0, 0.1) is 5.41 Å². The van der Waals surface area contributed by atoms with Gasteiger partial charge in [0.1, 0.15) is 5.56 Å². The molecule has 1 fully saturated rings. The molecule has 5 nitrogen and oxygen atoms in total. The van der Waals surface area contributed by atoms with E-state index in [2.05, 4.69) is 10.3 Å². The van der Waals surface area contributed by atoms with Gasteiger partial charge in [-0.05, 0) is 12.5 Å². The van der Waals surface area contributed by atoms with Crippen LogP contribution in [0.4, 0.5) is 5.69 Å². The molecule has 2 unspecified atom stereocenters. The molecule has 0 saturated heterocycles. The molecule has 1 heterocycles. The number of hydrogen-bond donors (Lipinski definition) is 3. The minimum atomic E-state index is -1.01. The van der Waals surface area contributed by atoms with Crippen LogP contribution in [-0.4, -0.2) is 33.3 Å². The van der Waals surface area contributed by atoms with Gasteiger partial charge in [-0.25, -0.2) is 4.79 Å². The van der Waals surface area contributed by atoms with Crippen LogP contribution in [-0.2, 0) is 0 Å². The molecule has 1 aliphatic rings. The molecule has 0 radical (unpaired) electrons. The monoisotopic (exact) mass is 286 g/mol. The predicted octanol–water partition coefficient (Wildman–Crippen LogP) is 2.50. The first-order chi connectivity index (χ1) is 9.91. The number of aromatic carboxylic acids is 1. The van der Waals surface area contributed by atoms with E-state index in [9.17, 15) is 15.0 Å². The molecule has 5 heteroatoms. The molecule has 1 aromatic carbocycles. The van der Waals surface area contributed by atoms with E-state index in [0.29, 0.717) is 12.1 Å². The van der Waals surface area contributed by atoms with Gasteiger partial charge in [-0.1, -0.05) is 32.0 Å². The molecule has 1 aliphatic carbocycles. The second kappa shape index (κ2) is 4.70. The summed E-state index contributed by atoms with van der Waals surface area (Å²) < 4.78 is 0. The van der Waals surface area contributed by atoms with Crippen LogP contribution >= 0.6 is 0 Å². The largest absolute Gasteiger partial charge is 0.478 e. The summed E-state index contributed by atoms with van der Waals surface area (Å²) in [7, 11) is 0. The third kappa shape index (κ3) is 2.14.